The number of aryl methyl sites for hydroxylation is 1. The molecule has 2 aromatic carbocycles. The number of carbonyl (C=O) groups excluding carboxylic acids is 1. The molecule has 0 atom stereocenters. The van der Waals surface area contributed by atoms with Gasteiger partial charge in [0, 0.05) is 36.8 Å². The SMILES string of the molecule is Cn1cnc(-c2cc(Oc3ccc(NC(=O)Oc4c[nH]c(=O)n(-c5ccc(F)cc5)c4=O)cc3F)c3ccnn3c2)c1. The minimum Gasteiger partial charge on any atom is -0.452 e. The number of ether oxygens (including phenoxy) is 2. The molecule has 0 aliphatic rings. The number of hydrogen-bond acceptors (Lipinski definition) is 7. The van der Waals surface area contributed by atoms with Gasteiger partial charge in [-0.1, -0.05) is 0 Å². The van der Waals surface area contributed by atoms with Crippen LogP contribution in [-0.4, -0.2) is 34.8 Å². The summed E-state index contributed by atoms with van der Waals surface area (Å²) in [5.74, 6) is -1.68. The number of benzene rings is 2. The molecular formula is C28H19F2N7O5. The molecule has 0 bridgehead atoms. The standard InChI is InChI=1S/C28H19F2N7O5/c1-35-14-21(32-15-35)16-10-24(22-8-9-33-36(22)13-16)41-23-7-4-18(11-20(23)30)34-28(40)42-25-12-31-27(39)37(26(25)38)19-5-2-17(29)3-6-19/h2-15H,1H3,(H,31,39)(H,34,40). The maximum atomic E-state index is 15.1. The predicted molar refractivity (Wildman–Crippen MR) is 146 cm³/mol. The fourth-order valence-corrected chi connectivity index (χ4v) is 4.16. The number of halogens is 2. The molecule has 1 amide bonds. The van der Waals surface area contributed by atoms with Crippen molar-refractivity contribution in [1.82, 2.24) is 28.7 Å². The lowest BCUT2D eigenvalue weighted by Gasteiger charge is -2.12. The molecule has 0 fully saturated rings. The van der Waals surface area contributed by atoms with Crippen LogP contribution in [0, 0.1) is 11.6 Å². The van der Waals surface area contributed by atoms with Gasteiger partial charge in [-0.15, -0.1) is 0 Å². The van der Waals surface area contributed by atoms with Gasteiger partial charge in [-0.05, 0) is 48.5 Å². The van der Waals surface area contributed by atoms with Crippen LogP contribution in [0.3, 0.4) is 0 Å². The highest BCUT2D eigenvalue weighted by Gasteiger charge is 2.17. The number of aromatic nitrogens is 6. The summed E-state index contributed by atoms with van der Waals surface area (Å²) in [6.45, 7) is 0. The van der Waals surface area contributed by atoms with Gasteiger partial charge in [0.1, 0.15) is 11.3 Å². The Balaban J connectivity index is 1.20. The van der Waals surface area contributed by atoms with E-state index in [9.17, 15) is 18.8 Å². The van der Waals surface area contributed by atoms with Crippen molar-refractivity contribution in [2.24, 2.45) is 7.05 Å². The molecule has 42 heavy (non-hydrogen) atoms. The topological polar surface area (TPSA) is 138 Å². The van der Waals surface area contributed by atoms with Gasteiger partial charge in [0.15, 0.2) is 17.3 Å². The molecule has 0 saturated heterocycles. The Morgan fingerprint density at radius 1 is 0.976 bits per heavy atom. The third kappa shape index (κ3) is 5.11. The quantitative estimate of drug-likeness (QED) is 0.305. The average Bonchev–Trinajstić information content (AvgIpc) is 3.62. The molecule has 4 heterocycles. The fraction of sp³-hybridized carbons (Fsp3) is 0.0357. The second kappa shape index (κ2) is 10.5. The highest BCUT2D eigenvalue weighted by atomic mass is 19.1. The summed E-state index contributed by atoms with van der Waals surface area (Å²) in [4.78, 5) is 44.1. The van der Waals surface area contributed by atoms with Crippen LogP contribution in [0.5, 0.6) is 17.2 Å². The summed E-state index contributed by atoms with van der Waals surface area (Å²) in [6, 6.07) is 11.7. The lowest BCUT2D eigenvalue weighted by Crippen LogP contribution is -2.35. The van der Waals surface area contributed by atoms with E-state index >= 15 is 4.39 Å². The van der Waals surface area contributed by atoms with E-state index < -0.39 is 34.7 Å². The molecule has 4 aromatic heterocycles. The number of amides is 1. The zero-order valence-electron chi connectivity index (χ0n) is 21.6. The largest absolute Gasteiger partial charge is 0.452 e. The normalized spacial score (nSPS) is 11.0. The van der Waals surface area contributed by atoms with Crippen molar-refractivity contribution < 1.29 is 23.0 Å². The number of fused-ring (bicyclic) bond motifs is 1. The zero-order chi connectivity index (χ0) is 29.4. The molecule has 0 aliphatic carbocycles. The Morgan fingerprint density at radius 2 is 1.79 bits per heavy atom. The van der Waals surface area contributed by atoms with Gasteiger partial charge < -0.3 is 19.0 Å². The van der Waals surface area contributed by atoms with Gasteiger partial charge in [-0.25, -0.2) is 32.4 Å². The molecule has 0 radical (unpaired) electrons. The average molecular weight is 572 g/mol. The second-order valence-electron chi connectivity index (χ2n) is 9.02. The van der Waals surface area contributed by atoms with E-state index in [-0.39, 0.29) is 17.1 Å². The van der Waals surface area contributed by atoms with Crippen molar-refractivity contribution >= 4 is 17.3 Å². The first kappa shape index (κ1) is 26.2. The number of pyridine rings is 1. The number of anilines is 1. The molecule has 210 valence electrons. The maximum Gasteiger partial charge on any atom is 0.417 e. The molecular weight excluding hydrogens is 552 g/mol. The Labute approximate surface area is 234 Å². The lowest BCUT2D eigenvalue weighted by atomic mass is 10.2. The van der Waals surface area contributed by atoms with Crippen molar-refractivity contribution in [3.05, 3.63) is 118 Å². The molecule has 0 aliphatic heterocycles. The summed E-state index contributed by atoms with van der Waals surface area (Å²) < 4.78 is 43.3. The van der Waals surface area contributed by atoms with Gasteiger partial charge in [0.05, 0.1) is 30.1 Å². The van der Waals surface area contributed by atoms with Gasteiger partial charge in [0.25, 0.3) is 0 Å². The number of rotatable bonds is 6. The van der Waals surface area contributed by atoms with E-state index in [1.54, 1.807) is 39.9 Å². The number of hydrogen-bond donors (Lipinski definition) is 2. The Morgan fingerprint density at radius 3 is 2.52 bits per heavy atom. The van der Waals surface area contributed by atoms with E-state index in [0.717, 1.165) is 24.4 Å². The van der Waals surface area contributed by atoms with Crippen LogP contribution in [0.15, 0.2) is 95.3 Å². The van der Waals surface area contributed by atoms with Crippen LogP contribution >= 0.6 is 0 Å². The molecule has 14 heteroatoms. The highest BCUT2D eigenvalue weighted by molar-refractivity contribution is 5.86. The number of nitrogens with zero attached hydrogens (tertiary/aromatic N) is 5. The predicted octanol–water partition coefficient (Wildman–Crippen LogP) is 4.26. The molecule has 12 nitrogen and oxygen atoms in total. The minimum absolute atomic E-state index is 0.00451. The summed E-state index contributed by atoms with van der Waals surface area (Å²) in [5, 5.41) is 6.56. The monoisotopic (exact) mass is 571 g/mol. The van der Waals surface area contributed by atoms with E-state index in [1.165, 1.54) is 24.3 Å². The third-order valence-corrected chi connectivity index (χ3v) is 6.10. The lowest BCUT2D eigenvalue weighted by molar-refractivity contribution is 0.214. The van der Waals surface area contributed by atoms with Crippen molar-refractivity contribution in [2.45, 2.75) is 0 Å². The number of imidazole rings is 1. The van der Waals surface area contributed by atoms with E-state index in [4.69, 9.17) is 9.47 Å². The van der Waals surface area contributed by atoms with Crippen molar-refractivity contribution in [3.8, 4) is 34.2 Å². The van der Waals surface area contributed by atoms with E-state index in [0.29, 0.717) is 27.1 Å². The van der Waals surface area contributed by atoms with E-state index in [1.807, 2.05) is 13.2 Å². The summed E-state index contributed by atoms with van der Waals surface area (Å²) in [6.07, 6.45) is 6.62. The first-order valence-electron chi connectivity index (χ1n) is 12.3. The van der Waals surface area contributed by atoms with Crippen LogP contribution < -0.4 is 26.0 Å². The fourth-order valence-electron chi connectivity index (χ4n) is 4.16. The minimum atomic E-state index is -1.12. The summed E-state index contributed by atoms with van der Waals surface area (Å²) in [5.41, 5.74) is 0.237. The van der Waals surface area contributed by atoms with Crippen LogP contribution in [0.2, 0.25) is 0 Å². The summed E-state index contributed by atoms with van der Waals surface area (Å²) >= 11 is 0. The van der Waals surface area contributed by atoms with Gasteiger partial charge in [0.2, 0.25) is 5.75 Å². The van der Waals surface area contributed by atoms with Gasteiger partial charge >= 0.3 is 17.3 Å². The zero-order valence-corrected chi connectivity index (χ0v) is 21.6. The van der Waals surface area contributed by atoms with Crippen LogP contribution in [0.1, 0.15) is 0 Å². The third-order valence-electron chi connectivity index (χ3n) is 6.10. The Bertz CT molecular complexity index is 2080. The highest BCUT2D eigenvalue weighted by Crippen LogP contribution is 2.33. The summed E-state index contributed by atoms with van der Waals surface area (Å²) in [7, 11) is 1.84. The molecule has 6 aromatic rings. The number of aromatic amines is 1. The maximum absolute atomic E-state index is 15.1. The number of H-pyrrole nitrogens is 1. The molecule has 0 unspecified atom stereocenters. The Kier molecular flexibility index (Phi) is 6.54. The van der Waals surface area contributed by atoms with Crippen LogP contribution in [-0.2, 0) is 7.05 Å². The molecule has 6 rings (SSSR count). The molecule has 0 spiro atoms. The first-order chi connectivity index (χ1) is 20.2. The van der Waals surface area contributed by atoms with E-state index in [2.05, 4.69) is 20.4 Å². The smallest absolute Gasteiger partial charge is 0.417 e. The number of nitrogens with one attached hydrogen (secondary N) is 2. The van der Waals surface area contributed by atoms with Gasteiger partial charge in [-0.3, -0.25) is 10.1 Å². The van der Waals surface area contributed by atoms with Crippen LogP contribution in [0.25, 0.3) is 22.5 Å². The Hall–Kier alpha value is -6.05. The van der Waals surface area contributed by atoms with Crippen molar-refractivity contribution in [2.75, 3.05) is 5.32 Å². The first-order valence-corrected chi connectivity index (χ1v) is 12.3. The molecule has 0 saturated carbocycles. The second-order valence-corrected chi connectivity index (χ2v) is 9.02. The van der Waals surface area contributed by atoms with Crippen molar-refractivity contribution in [3.63, 3.8) is 0 Å². The molecule has 2 N–H and O–H groups in total. The van der Waals surface area contributed by atoms with Gasteiger partial charge in [-0.2, -0.15) is 5.10 Å². The number of carbonyl (C=O) groups is 1. The van der Waals surface area contributed by atoms with Crippen LogP contribution in [0.4, 0.5) is 19.3 Å². The van der Waals surface area contributed by atoms with Crippen molar-refractivity contribution in [1.29, 1.82) is 0 Å².